The van der Waals surface area contributed by atoms with E-state index < -0.39 is 36.1 Å². The van der Waals surface area contributed by atoms with Crippen molar-refractivity contribution in [1.29, 1.82) is 0 Å². The van der Waals surface area contributed by atoms with Crippen LogP contribution < -0.4 is 10.6 Å². The Morgan fingerprint density at radius 2 is 0.786 bits per heavy atom. The van der Waals surface area contributed by atoms with Crippen LogP contribution in [0.25, 0.3) is 0 Å². The van der Waals surface area contributed by atoms with Gasteiger partial charge in [0.1, 0.15) is 26.4 Å². The van der Waals surface area contributed by atoms with Crippen LogP contribution in [0.3, 0.4) is 0 Å². The molecular weight excluding hydrogens is 740 g/mol. The van der Waals surface area contributed by atoms with Crippen LogP contribution >= 0.6 is 0 Å². The van der Waals surface area contributed by atoms with Gasteiger partial charge in [-0.25, -0.2) is 19.2 Å². The number of carbonyl (C=O) groups is 8. The van der Waals surface area contributed by atoms with Crippen LogP contribution in [-0.4, -0.2) is 114 Å². The summed E-state index contributed by atoms with van der Waals surface area (Å²) in [6.45, 7) is 9.66. The first kappa shape index (κ1) is 50.8. The van der Waals surface area contributed by atoms with E-state index >= 15 is 0 Å². The zero-order chi connectivity index (χ0) is 41.7. The molecule has 18 heteroatoms. The Morgan fingerprint density at radius 1 is 0.446 bits per heavy atom. The monoisotopic (exact) mass is 800 g/mol. The number of rotatable bonds is 34. The Labute approximate surface area is 328 Å². The quantitative estimate of drug-likeness (QED) is 0.0402. The highest BCUT2D eigenvalue weighted by molar-refractivity contribution is 5.81. The van der Waals surface area contributed by atoms with Crippen LogP contribution in [0.2, 0.25) is 0 Å². The zero-order valence-electron chi connectivity index (χ0n) is 32.6. The fraction of sp³-hybridized carbons (Fsp3) is 0.684. The van der Waals surface area contributed by atoms with Crippen LogP contribution in [0.1, 0.15) is 96.8 Å². The van der Waals surface area contributed by atoms with Crippen LogP contribution in [0.4, 0.5) is 9.59 Å². The molecule has 0 saturated heterocycles. The molecule has 0 spiro atoms. The van der Waals surface area contributed by atoms with Crippen molar-refractivity contribution in [2.24, 2.45) is 5.92 Å². The smallest absolute Gasteiger partial charge is 0.407 e. The van der Waals surface area contributed by atoms with Crippen LogP contribution in [0.15, 0.2) is 25.3 Å². The summed E-state index contributed by atoms with van der Waals surface area (Å²) in [7, 11) is 0. The van der Waals surface area contributed by atoms with E-state index in [4.69, 9.17) is 37.9 Å². The number of hydrogen-bond acceptors (Lipinski definition) is 16. The molecule has 2 amide bonds. The molecule has 18 nitrogen and oxygen atoms in total. The van der Waals surface area contributed by atoms with Gasteiger partial charge in [0.15, 0.2) is 0 Å². The summed E-state index contributed by atoms with van der Waals surface area (Å²) >= 11 is 0. The second kappa shape index (κ2) is 35.5. The molecule has 0 rings (SSSR count). The van der Waals surface area contributed by atoms with Crippen molar-refractivity contribution in [3.63, 3.8) is 0 Å². The molecule has 0 fully saturated rings. The topological polar surface area (TPSA) is 234 Å². The van der Waals surface area contributed by atoms with Gasteiger partial charge in [-0.1, -0.05) is 20.1 Å². The second-order valence-electron chi connectivity index (χ2n) is 12.3. The molecule has 0 radical (unpaired) electrons. The third-order valence-corrected chi connectivity index (χ3v) is 7.35. The van der Waals surface area contributed by atoms with Gasteiger partial charge in [0.2, 0.25) is 0 Å². The normalized spacial score (nSPS) is 10.8. The summed E-state index contributed by atoms with van der Waals surface area (Å²) in [5.74, 6) is -2.59. The van der Waals surface area contributed by atoms with Gasteiger partial charge in [-0.2, -0.15) is 0 Å². The summed E-state index contributed by atoms with van der Waals surface area (Å²) < 4.78 is 39.9. The number of esters is 6. The predicted octanol–water partition coefficient (Wildman–Crippen LogP) is 4.17. The lowest BCUT2D eigenvalue weighted by molar-refractivity contribution is -0.146. The van der Waals surface area contributed by atoms with Gasteiger partial charge in [0.05, 0.1) is 26.4 Å². The van der Waals surface area contributed by atoms with Crippen molar-refractivity contribution in [1.82, 2.24) is 10.6 Å². The molecule has 2 N–H and O–H groups in total. The molecule has 1 atom stereocenters. The van der Waals surface area contributed by atoms with Crippen molar-refractivity contribution in [3.8, 4) is 0 Å². The lowest BCUT2D eigenvalue weighted by Gasteiger charge is -2.13. The molecule has 0 heterocycles. The van der Waals surface area contributed by atoms with Gasteiger partial charge in [0, 0.05) is 50.9 Å². The molecule has 0 aromatic carbocycles. The Bertz CT molecular complexity index is 1210. The van der Waals surface area contributed by atoms with E-state index in [-0.39, 0.29) is 96.4 Å². The molecule has 56 heavy (non-hydrogen) atoms. The van der Waals surface area contributed by atoms with Crippen LogP contribution in [0, 0.1) is 5.92 Å². The first-order chi connectivity index (χ1) is 27.0. The zero-order valence-corrected chi connectivity index (χ0v) is 32.6. The maximum absolute atomic E-state index is 11.9. The summed E-state index contributed by atoms with van der Waals surface area (Å²) in [5, 5.41) is 5.23. The largest absolute Gasteiger partial charge is 0.466 e. The number of unbranched alkanes of at least 4 members (excludes halogenated alkanes) is 4. The molecular formula is C38H60N2O16. The molecule has 0 saturated carbocycles. The van der Waals surface area contributed by atoms with Gasteiger partial charge < -0.3 is 48.5 Å². The van der Waals surface area contributed by atoms with Gasteiger partial charge in [-0.05, 0) is 70.1 Å². The molecule has 0 aromatic heterocycles. The molecule has 0 aliphatic carbocycles. The first-order valence-electron chi connectivity index (χ1n) is 19.0. The number of hydrogen-bond donors (Lipinski definition) is 2. The molecule has 318 valence electrons. The summed E-state index contributed by atoms with van der Waals surface area (Å²) in [5.41, 5.74) is 0. The average Bonchev–Trinajstić information content (AvgIpc) is 3.18. The Morgan fingerprint density at radius 3 is 1.18 bits per heavy atom. The Kier molecular flexibility index (Phi) is 32.3. The van der Waals surface area contributed by atoms with E-state index in [0.717, 1.165) is 12.2 Å². The fourth-order valence-electron chi connectivity index (χ4n) is 4.29. The molecule has 0 bridgehead atoms. The highest BCUT2D eigenvalue weighted by Crippen LogP contribution is 2.06. The lowest BCUT2D eigenvalue weighted by atomic mass is 10.1. The number of ether oxygens (including phenoxy) is 8. The van der Waals surface area contributed by atoms with Gasteiger partial charge in [-0.15, -0.1) is 0 Å². The fourth-order valence-corrected chi connectivity index (χ4v) is 4.29. The van der Waals surface area contributed by atoms with E-state index in [0.29, 0.717) is 77.3 Å². The average molecular weight is 801 g/mol. The minimum atomic E-state index is -0.651. The van der Waals surface area contributed by atoms with Gasteiger partial charge >= 0.3 is 48.0 Å². The van der Waals surface area contributed by atoms with Crippen molar-refractivity contribution in [3.05, 3.63) is 25.3 Å². The molecule has 0 aromatic rings. The second-order valence-corrected chi connectivity index (χ2v) is 12.3. The van der Waals surface area contributed by atoms with Crippen LogP contribution in [-0.2, 0) is 66.7 Å². The maximum atomic E-state index is 11.9. The van der Waals surface area contributed by atoms with Gasteiger partial charge in [0.25, 0.3) is 0 Å². The number of nitrogens with one attached hydrogen (secondary N) is 2. The first-order valence-corrected chi connectivity index (χ1v) is 19.0. The standard InChI is InChI=1S/C38H60N2O16/c1-4-31(41)49-21-10-12-23-51-33(43)16-6-8-18-35(45)53-25-27-55-37(47)39-20-14-15-30(3)29-40-38(48)56-28-26-54-36(46)19-9-7-17-34(44)52-24-13-11-22-50-32(42)5-2/h4-5,30H,1-2,6-29H2,3H3,(H,39,47)(H,40,48). The number of alkyl carbamates (subject to hydrolysis) is 2. The van der Waals surface area contributed by atoms with Crippen molar-refractivity contribution in [2.75, 3.05) is 65.9 Å². The highest BCUT2D eigenvalue weighted by atomic mass is 16.6. The molecule has 0 aliphatic heterocycles. The summed E-state index contributed by atoms with van der Waals surface area (Å²) in [6.07, 6.45) is 6.76. The number of carbonyl (C=O) groups excluding carboxylic acids is 8. The van der Waals surface area contributed by atoms with Crippen molar-refractivity contribution in [2.45, 2.75) is 96.8 Å². The van der Waals surface area contributed by atoms with Crippen molar-refractivity contribution < 1.29 is 76.3 Å². The maximum Gasteiger partial charge on any atom is 0.407 e. The minimum absolute atomic E-state index is 0.0847. The Balaban J connectivity index is 3.65. The minimum Gasteiger partial charge on any atom is -0.466 e. The SMILES string of the molecule is C=CC(=O)OCCCCOC(=O)CCCCC(=O)OCCOC(=O)NCCCC(C)CNC(=O)OCCOC(=O)CCCCC(=O)OCCCCOC(=O)C=C. The molecule has 1 unspecified atom stereocenters. The summed E-state index contributed by atoms with van der Waals surface area (Å²) in [6, 6.07) is 0. The molecule has 0 aliphatic rings. The predicted molar refractivity (Wildman–Crippen MR) is 199 cm³/mol. The third kappa shape index (κ3) is 34.6. The van der Waals surface area contributed by atoms with E-state index in [1.807, 2.05) is 6.92 Å². The lowest BCUT2D eigenvalue weighted by Crippen LogP contribution is -2.31. The summed E-state index contributed by atoms with van der Waals surface area (Å²) in [4.78, 5) is 92.7. The number of amides is 2. The van der Waals surface area contributed by atoms with Gasteiger partial charge in [-0.3, -0.25) is 19.2 Å². The highest BCUT2D eigenvalue weighted by Gasteiger charge is 2.11. The van der Waals surface area contributed by atoms with Crippen molar-refractivity contribution >= 4 is 48.0 Å². The third-order valence-electron chi connectivity index (χ3n) is 7.35. The van der Waals surface area contributed by atoms with E-state index in [9.17, 15) is 38.4 Å². The van der Waals surface area contributed by atoms with E-state index in [2.05, 4.69) is 23.8 Å². The van der Waals surface area contributed by atoms with E-state index in [1.165, 1.54) is 0 Å². The van der Waals surface area contributed by atoms with E-state index in [1.54, 1.807) is 0 Å². The van der Waals surface area contributed by atoms with Crippen LogP contribution in [0.5, 0.6) is 0 Å². The Hall–Kier alpha value is -5.16.